The Hall–Kier alpha value is -1.81. The second kappa shape index (κ2) is 8.47. The van der Waals surface area contributed by atoms with Crippen LogP contribution in [0.2, 0.25) is 0 Å². The average Bonchev–Trinajstić information content (AvgIpc) is 2.61. The molecule has 1 aliphatic heterocycles. The Bertz CT molecular complexity index is 756. The predicted octanol–water partition coefficient (Wildman–Crippen LogP) is 1.96. The highest BCUT2D eigenvalue weighted by atomic mass is 32.2. The van der Waals surface area contributed by atoms with Crippen LogP contribution in [-0.2, 0) is 27.3 Å². The molecule has 152 valence electrons. The fraction of sp³-hybridized carbons (Fsp3) is 0.588. The summed E-state index contributed by atoms with van der Waals surface area (Å²) in [4.78, 5) is 4.05. The minimum absolute atomic E-state index is 0.182. The normalized spacial score (nSPS) is 18.2. The molecule has 2 N–H and O–H groups in total. The van der Waals surface area contributed by atoms with Crippen molar-refractivity contribution in [1.82, 2.24) is 10.6 Å². The van der Waals surface area contributed by atoms with Crippen molar-refractivity contribution in [2.24, 2.45) is 4.99 Å². The summed E-state index contributed by atoms with van der Waals surface area (Å²) in [7, 11) is -1.77. The first-order chi connectivity index (χ1) is 12.6. The lowest BCUT2D eigenvalue weighted by Crippen LogP contribution is -2.53. The Labute approximate surface area is 157 Å². The molecule has 0 atom stereocenters. The standard InChI is InChI=1S/C17H24F3N3O3S/c1-21-15(22-11-13-3-5-14(6-4-13)17(18,19)20)23-12-16(27(2,24)25)7-9-26-10-8-16/h3-6H,7-12H2,1-2H3,(H2,21,22,23). The summed E-state index contributed by atoms with van der Waals surface area (Å²) in [6.45, 7) is 1.20. The van der Waals surface area contributed by atoms with Crippen LogP contribution < -0.4 is 10.6 Å². The number of benzene rings is 1. The van der Waals surface area contributed by atoms with Gasteiger partial charge in [-0.05, 0) is 30.5 Å². The molecule has 1 aliphatic rings. The van der Waals surface area contributed by atoms with Crippen molar-refractivity contribution in [1.29, 1.82) is 0 Å². The first-order valence-electron chi connectivity index (χ1n) is 8.45. The minimum atomic E-state index is -4.37. The molecule has 1 heterocycles. The van der Waals surface area contributed by atoms with Gasteiger partial charge in [-0.3, -0.25) is 4.99 Å². The number of ether oxygens (including phenoxy) is 1. The van der Waals surface area contributed by atoms with E-state index < -0.39 is 26.3 Å². The van der Waals surface area contributed by atoms with E-state index in [0.717, 1.165) is 12.1 Å². The fourth-order valence-electron chi connectivity index (χ4n) is 2.88. The minimum Gasteiger partial charge on any atom is -0.381 e. The van der Waals surface area contributed by atoms with Crippen LogP contribution in [0.4, 0.5) is 13.2 Å². The molecular weight excluding hydrogens is 383 g/mol. The number of rotatable bonds is 5. The molecular formula is C17H24F3N3O3S. The maximum atomic E-state index is 12.6. The molecule has 10 heteroatoms. The maximum absolute atomic E-state index is 12.6. The molecule has 2 rings (SSSR count). The molecule has 0 spiro atoms. The van der Waals surface area contributed by atoms with Crippen LogP contribution in [0.25, 0.3) is 0 Å². The first-order valence-corrected chi connectivity index (χ1v) is 10.3. The number of nitrogens with zero attached hydrogens (tertiary/aromatic N) is 1. The number of hydrogen-bond donors (Lipinski definition) is 2. The topological polar surface area (TPSA) is 79.8 Å². The fourth-order valence-corrected chi connectivity index (χ4v) is 4.13. The van der Waals surface area contributed by atoms with Gasteiger partial charge in [0, 0.05) is 39.6 Å². The first kappa shape index (κ1) is 21.5. The molecule has 1 aromatic carbocycles. The quantitative estimate of drug-likeness (QED) is 0.576. The number of sulfone groups is 1. The van der Waals surface area contributed by atoms with Crippen molar-refractivity contribution >= 4 is 15.8 Å². The summed E-state index contributed by atoms with van der Waals surface area (Å²) in [6, 6.07) is 4.82. The van der Waals surface area contributed by atoms with Crippen molar-refractivity contribution < 1.29 is 26.3 Å². The number of nitrogens with one attached hydrogen (secondary N) is 2. The monoisotopic (exact) mass is 407 g/mol. The van der Waals surface area contributed by atoms with Crippen LogP contribution in [0.15, 0.2) is 29.3 Å². The van der Waals surface area contributed by atoms with Crippen molar-refractivity contribution in [3.8, 4) is 0 Å². The zero-order valence-electron chi connectivity index (χ0n) is 15.3. The number of hydrogen-bond acceptors (Lipinski definition) is 4. The Morgan fingerprint density at radius 2 is 1.78 bits per heavy atom. The van der Waals surface area contributed by atoms with E-state index in [0.29, 0.717) is 37.6 Å². The highest BCUT2D eigenvalue weighted by Gasteiger charge is 2.42. The van der Waals surface area contributed by atoms with E-state index in [1.807, 2.05) is 0 Å². The van der Waals surface area contributed by atoms with Gasteiger partial charge in [-0.2, -0.15) is 13.2 Å². The van der Waals surface area contributed by atoms with Crippen LogP contribution in [0.5, 0.6) is 0 Å². The van der Waals surface area contributed by atoms with E-state index in [1.165, 1.54) is 18.4 Å². The molecule has 27 heavy (non-hydrogen) atoms. The number of alkyl halides is 3. The van der Waals surface area contributed by atoms with Crippen LogP contribution in [-0.4, -0.2) is 52.2 Å². The summed E-state index contributed by atoms with van der Waals surface area (Å²) in [5.74, 6) is 0.379. The molecule has 0 radical (unpaired) electrons. The van der Waals surface area contributed by atoms with E-state index in [1.54, 1.807) is 7.05 Å². The van der Waals surface area contributed by atoms with Gasteiger partial charge in [0.1, 0.15) is 0 Å². The van der Waals surface area contributed by atoms with Crippen LogP contribution in [0.1, 0.15) is 24.0 Å². The van der Waals surface area contributed by atoms with E-state index in [4.69, 9.17) is 4.74 Å². The van der Waals surface area contributed by atoms with Crippen molar-refractivity contribution in [2.45, 2.75) is 30.3 Å². The van der Waals surface area contributed by atoms with Gasteiger partial charge in [-0.25, -0.2) is 8.42 Å². The number of guanidine groups is 1. The molecule has 0 bridgehead atoms. The Balaban J connectivity index is 1.96. The van der Waals surface area contributed by atoms with E-state index in [9.17, 15) is 21.6 Å². The molecule has 0 unspecified atom stereocenters. The Morgan fingerprint density at radius 1 is 1.19 bits per heavy atom. The highest BCUT2D eigenvalue weighted by Crippen LogP contribution is 2.29. The Kier molecular flexibility index (Phi) is 6.74. The lowest BCUT2D eigenvalue weighted by Gasteiger charge is -2.35. The third-order valence-corrected chi connectivity index (χ3v) is 6.86. The largest absolute Gasteiger partial charge is 0.416 e. The Morgan fingerprint density at radius 3 is 2.26 bits per heavy atom. The summed E-state index contributed by atoms with van der Waals surface area (Å²) in [6.07, 6.45) is -2.35. The summed E-state index contributed by atoms with van der Waals surface area (Å²) < 4.78 is 66.6. The molecule has 1 saturated heterocycles. The van der Waals surface area contributed by atoms with Gasteiger partial charge in [0.05, 0.1) is 10.3 Å². The van der Waals surface area contributed by atoms with Crippen LogP contribution >= 0.6 is 0 Å². The summed E-state index contributed by atoms with van der Waals surface area (Å²) >= 11 is 0. The molecule has 6 nitrogen and oxygen atoms in total. The number of aliphatic imine (C=N–C) groups is 1. The molecule has 0 amide bonds. The lowest BCUT2D eigenvalue weighted by molar-refractivity contribution is -0.137. The van der Waals surface area contributed by atoms with Gasteiger partial charge in [0.15, 0.2) is 15.8 Å². The van der Waals surface area contributed by atoms with Gasteiger partial charge in [0.25, 0.3) is 0 Å². The lowest BCUT2D eigenvalue weighted by atomic mass is 9.99. The van der Waals surface area contributed by atoms with Crippen molar-refractivity contribution in [3.63, 3.8) is 0 Å². The highest BCUT2D eigenvalue weighted by molar-refractivity contribution is 7.92. The van der Waals surface area contributed by atoms with Crippen molar-refractivity contribution in [3.05, 3.63) is 35.4 Å². The predicted molar refractivity (Wildman–Crippen MR) is 97.3 cm³/mol. The van der Waals surface area contributed by atoms with E-state index in [-0.39, 0.29) is 13.1 Å². The second-order valence-corrected chi connectivity index (χ2v) is 8.95. The van der Waals surface area contributed by atoms with Crippen LogP contribution in [0.3, 0.4) is 0 Å². The molecule has 1 aromatic rings. The molecule has 1 fully saturated rings. The third-order valence-electron chi connectivity index (χ3n) is 4.73. The average molecular weight is 407 g/mol. The summed E-state index contributed by atoms with van der Waals surface area (Å²) in [5.41, 5.74) is -0.0572. The van der Waals surface area contributed by atoms with Gasteiger partial charge in [-0.15, -0.1) is 0 Å². The van der Waals surface area contributed by atoms with Gasteiger partial charge in [-0.1, -0.05) is 12.1 Å². The smallest absolute Gasteiger partial charge is 0.381 e. The van der Waals surface area contributed by atoms with E-state index >= 15 is 0 Å². The SMILES string of the molecule is CN=C(NCc1ccc(C(F)(F)F)cc1)NCC1(S(C)(=O)=O)CCOCC1. The molecule has 0 aliphatic carbocycles. The second-order valence-electron chi connectivity index (χ2n) is 6.54. The van der Waals surface area contributed by atoms with Crippen LogP contribution in [0, 0.1) is 0 Å². The van der Waals surface area contributed by atoms with E-state index in [2.05, 4.69) is 15.6 Å². The summed E-state index contributed by atoms with van der Waals surface area (Å²) in [5, 5.41) is 6.00. The maximum Gasteiger partial charge on any atom is 0.416 e. The van der Waals surface area contributed by atoms with Gasteiger partial charge in [0.2, 0.25) is 0 Å². The van der Waals surface area contributed by atoms with Gasteiger partial charge < -0.3 is 15.4 Å². The third kappa shape index (κ3) is 5.58. The molecule has 0 saturated carbocycles. The number of halogens is 3. The zero-order valence-corrected chi connectivity index (χ0v) is 16.1. The molecule has 0 aromatic heterocycles. The van der Waals surface area contributed by atoms with Gasteiger partial charge >= 0.3 is 6.18 Å². The van der Waals surface area contributed by atoms with Crippen molar-refractivity contribution in [2.75, 3.05) is 33.1 Å². The zero-order chi connectivity index (χ0) is 20.1.